The number of anilines is 2. The maximum Gasteiger partial charge on any atom is 0.182 e. The lowest BCUT2D eigenvalue weighted by molar-refractivity contribution is 0.434. The molecule has 2 heterocycles. The Morgan fingerprint density at radius 1 is 1.43 bits per heavy atom. The Balaban J connectivity index is 2.41. The Morgan fingerprint density at radius 2 is 2.05 bits per heavy atom. The molecule has 0 unspecified atom stereocenters. The number of rotatable bonds is 4. The van der Waals surface area contributed by atoms with Crippen molar-refractivity contribution < 1.29 is 8.42 Å². The van der Waals surface area contributed by atoms with E-state index in [0.717, 1.165) is 32.2 Å². The Hall–Kier alpha value is -1.75. The second-order valence-electron chi connectivity index (χ2n) is 5.61. The maximum atomic E-state index is 12.0. The van der Waals surface area contributed by atoms with Gasteiger partial charge in [-0.25, -0.2) is 13.1 Å². The molecule has 1 saturated heterocycles. The molecule has 2 N–H and O–H groups in total. The molecular weight excluding hydrogens is 290 g/mol. The summed E-state index contributed by atoms with van der Waals surface area (Å²) in [5.74, 6) is 1.20. The first kappa shape index (κ1) is 15.6. The molecule has 116 valence electrons. The van der Waals surface area contributed by atoms with E-state index in [2.05, 4.69) is 12.0 Å². The molecule has 1 aromatic rings. The average molecular weight is 311 g/mol. The molecule has 1 fully saturated rings. The van der Waals surface area contributed by atoms with E-state index in [0.29, 0.717) is 18.3 Å². The van der Waals surface area contributed by atoms with Crippen LogP contribution < -0.4 is 10.6 Å². The number of piperidine rings is 1. The number of nitrogens with two attached hydrogens (primary N) is 1. The first-order chi connectivity index (χ1) is 9.84. The molecule has 0 aliphatic carbocycles. The van der Waals surface area contributed by atoms with Crippen molar-refractivity contribution in [2.45, 2.75) is 37.6 Å². The molecule has 0 bridgehead atoms. The predicted octanol–water partition coefficient (Wildman–Crippen LogP) is 1.02. The number of nitriles is 1. The van der Waals surface area contributed by atoms with E-state index < -0.39 is 9.84 Å². The van der Waals surface area contributed by atoms with Crippen LogP contribution in [0.2, 0.25) is 0 Å². The zero-order valence-electron chi connectivity index (χ0n) is 12.4. The van der Waals surface area contributed by atoms with Crippen molar-refractivity contribution in [3.8, 4) is 6.07 Å². The third kappa shape index (κ3) is 3.29. The summed E-state index contributed by atoms with van der Waals surface area (Å²) < 4.78 is 25.5. The van der Waals surface area contributed by atoms with Crippen LogP contribution in [0, 0.1) is 17.2 Å². The van der Waals surface area contributed by atoms with Gasteiger partial charge in [0.15, 0.2) is 20.6 Å². The normalized spacial score (nSPS) is 16.9. The third-order valence-corrected chi connectivity index (χ3v) is 4.95. The van der Waals surface area contributed by atoms with Gasteiger partial charge >= 0.3 is 0 Å². The summed E-state index contributed by atoms with van der Waals surface area (Å²) in [5.41, 5.74) is 5.95. The quantitative estimate of drug-likeness (QED) is 0.890. The molecule has 8 heteroatoms. The molecule has 21 heavy (non-hydrogen) atoms. The number of nitrogen functional groups attached to an aromatic ring is 1. The zero-order valence-corrected chi connectivity index (χ0v) is 13.2. The highest BCUT2D eigenvalue weighted by atomic mass is 32.2. The van der Waals surface area contributed by atoms with Gasteiger partial charge in [-0.1, -0.05) is 6.92 Å². The largest absolute Gasteiger partial charge is 0.383 e. The van der Waals surface area contributed by atoms with Crippen molar-refractivity contribution in [3.63, 3.8) is 0 Å². The molecule has 0 saturated carbocycles. The number of hydrogen-bond acceptors (Lipinski definition) is 6. The van der Waals surface area contributed by atoms with Crippen molar-refractivity contribution in [3.05, 3.63) is 0 Å². The lowest BCUT2D eigenvalue weighted by atomic mass is 9.99. The average Bonchev–Trinajstić information content (AvgIpc) is 2.74. The SMILES string of the molecule is CC1CCN(c2nn(CCC#N)c(N)c2S(C)(=O)=O)CC1. The Morgan fingerprint density at radius 3 is 2.57 bits per heavy atom. The van der Waals surface area contributed by atoms with Gasteiger partial charge in [0.1, 0.15) is 5.82 Å². The highest BCUT2D eigenvalue weighted by molar-refractivity contribution is 7.91. The minimum Gasteiger partial charge on any atom is -0.383 e. The van der Waals surface area contributed by atoms with Crippen LogP contribution >= 0.6 is 0 Å². The van der Waals surface area contributed by atoms with Gasteiger partial charge in [0.25, 0.3) is 0 Å². The first-order valence-corrected chi connectivity index (χ1v) is 8.92. The Bertz CT molecular complexity index is 651. The van der Waals surface area contributed by atoms with Gasteiger partial charge in [-0.3, -0.25) is 0 Å². The van der Waals surface area contributed by atoms with E-state index >= 15 is 0 Å². The van der Waals surface area contributed by atoms with Crippen LogP contribution in [0.5, 0.6) is 0 Å². The monoisotopic (exact) mass is 311 g/mol. The fourth-order valence-corrected chi connectivity index (χ4v) is 3.54. The van der Waals surface area contributed by atoms with E-state index in [9.17, 15) is 8.42 Å². The molecule has 1 aromatic heterocycles. The summed E-state index contributed by atoms with van der Waals surface area (Å²) in [4.78, 5) is 2.07. The van der Waals surface area contributed by atoms with Gasteiger partial charge in [-0.2, -0.15) is 10.4 Å². The summed E-state index contributed by atoms with van der Waals surface area (Å²) in [6.07, 6.45) is 3.40. The number of aromatic nitrogens is 2. The highest BCUT2D eigenvalue weighted by Crippen LogP contribution is 2.32. The number of aryl methyl sites for hydroxylation is 1. The van der Waals surface area contributed by atoms with Gasteiger partial charge < -0.3 is 10.6 Å². The Kier molecular flexibility index (Phi) is 4.42. The molecule has 2 rings (SSSR count). The standard InChI is InChI=1S/C13H21N5O2S/c1-10-4-8-17(9-5-10)13-11(21(2,19)20)12(15)18(16-13)7-3-6-14/h10H,3-5,7-9,15H2,1-2H3. The second-order valence-corrected chi connectivity index (χ2v) is 7.56. The van der Waals surface area contributed by atoms with Gasteiger partial charge in [-0.05, 0) is 18.8 Å². The predicted molar refractivity (Wildman–Crippen MR) is 80.6 cm³/mol. The van der Waals surface area contributed by atoms with Crippen LogP contribution in [0.3, 0.4) is 0 Å². The summed E-state index contributed by atoms with van der Waals surface area (Å²) in [5, 5.41) is 13.0. The smallest absolute Gasteiger partial charge is 0.182 e. The lowest BCUT2D eigenvalue weighted by Crippen LogP contribution is -2.34. The summed E-state index contributed by atoms with van der Waals surface area (Å²) in [6, 6.07) is 2.02. The van der Waals surface area contributed by atoms with Crippen molar-refractivity contribution in [2.75, 3.05) is 30.0 Å². The minimum atomic E-state index is -3.46. The number of sulfone groups is 1. The van der Waals surface area contributed by atoms with Crippen molar-refractivity contribution in [1.82, 2.24) is 9.78 Å². The number of hydrogen-bond donors (Lipinski definition) is 1. The minimum absolute atomic E-state index is 0.0926. The van der Waals surface area contributed by atoms with Crippen molar-refractivity contribution in [1.29, 1.82) is 5.26 Å². The molecule has 1 aliphatic rings. The van der Waals surface area contributed by atoms with Gasteiger partial charge in [0, 0.05) is 19.3 Å². The summed E-state index contributed by atoms with van der Waals surface area (Å²) in [6.45, 7) is 4.04. The van der Waals surface area contributed by atoms with Gasteiger partial charge in [-0.15, -0.1) is 0 Å². The second kappa shape index (κ2) is 5.93. The van der Waals surface area contributed by atoms with E-state index in [-0.39, 0.29) is 17.1 Å². The van der Waals surface area contributed by atoms with Crippen LogP contribution in [0.4, 0.5) is 11.6 Å². The number of nitrogens with zero attached hydrogens (tertiary/aromatic N) is 4. The Labute approximate surface area is 125 Å². The van der Waals surface area contributed by atoms with Crippen LogP contribution in [0.1, 0.15) is 26.2 Å². The molecule has 0 radical (unpaired) electrons. The van der Waals surface area contributed by atoms with Crippen molar-refractivity contribution >= 4 is 21.5 Å². The maximum absolute atomic E-state index is 12.0. The molecular formula is C13H21N5O2S. The summed E-state index contributed by atoms with van der Waals surface area (Å²) in [7, 11) is -3.46. The van der Waals surface area contributed by atoms with Crippen LogP contribution in [0.15, 0.2) is 4.90 Å². The lowest BCUT2D eigenvalue weighted by Gasteiger charge is -2.30. The first-order valence-electron chi connectivity index (χ1n) is 7.02. The molecule has 7 nitrogen and oxygen atoms in total. The molecule has 0 aromatic carbocycles. The van der Waals surface area contributed by atoms with Gasteiger partial charge in [0.05, 0.1) is 19.0 Å². The van der Waals surface area contributed by atoms with Crippen LogP contribution in [-0.4, -0.2) is 37.5 Å². The zero-order chi connectivity index (χ0) is 15.6. The van der Waals surface area contributed by atoms with E-state index in [1.165, 1.54) is 4.68 Å². The van der Waals surface area contributed by atoms with E-state index in [1.54, 1.807) is 0 Å². The van der Waals surface area contributed by atoms with Gasteiger partial charge in [0.2, 0.25) is 0 Å². The van der Waals surface area contributed by atoms with Crippen molar-refractivity contribution in [2.24, 2.45) is 5.92 Å². The molecule has 0 spiro atoms. The fraction of sp³-hybridized carbons (Fsp3) is 0.692. The highest BCUT2D eigenvalue weighted by Gasteiger charge is 2.29. The summed E-state index contributed by atoms with van der Waals surface area (Å²) >= 11 is 0. The molecule has 0 atom stereocenters. The van der Waals surface area contributed by atoms with E-state index in [1.807, 2.05) is 11.0 Å². The topological polar surface area (TPSA) is 105 Å². The van der Waals surface area contributed by atoms with Crippen LogP contribution in [0.25, 0.3) is 0 Å². The molecule has 0 amide bonds. The third-order valence-electron chi connectivity index (χ3n) is 3.82. The molecule has 1 aliphatic heterocycles. The van der Waals surface area contributed by atoms with E-state index in [4.69, 9.17) is 11.0 Å². The van der Waals surface area contributed by atoms with Crippen LogP contribution in [-0.2, 0) is 16.4 Å². The fourth-order valence-electron chi connectivity index (χ4n) is 2.55.